The van der Waals surface area contributed by atoms with Gasteiger partial charge < -0.3 is 5.73 Å². The van der Waals surface area contributed by atoms with Gasteiger partial charge in [0.15, 0.2) is 0 Å². The van der Waals surface area contributed by atoms with Crippen molar-refractivity contribution in [3.05, 3.63) is 0 Å². The van der Waals surface area contributed by atoms with Crippen molar-refractivity contribution in [1.29, 1.82) is 0 Å². The number of nitrogens with two attached hydrogens (primary N) is 1. The molecule has 0 bridgehead atoms. The lowest BCUT2D eigenvalue weighted by Crippen LogP contribution is -2.21. The van der Waals surface area contributed by atoms with Gasteiger partial charge in [0, 0.05) is 0 Å². The third-order valence-electron chi connectivity index (χ3n) is 2.88. The molecule has 0 aromatic rings. The summed E-state index contributed by atoms with van der Waals surface area (Å²) in [5.74, 6) is 2.60. The molecule has 0 aromatic carbocycles. The smallest absolute Gasteiger partial charge is 0.00461 e. The van der Waals surface area contributed by atoms with Crippen LogP contribution in [0.1, 0.15) is 33.1 Å². The predicted molar refractivity (Wildman–Crippen MR) is 44.7 cm³/mol. The summed E-state index contributed by atoms with van der Waals surface area (Å²) in [6.07, 6.45) is 4.20. The molecule has 0 amide bonds. The van der Waals surface area contributed by atoms with E-state index in [1.165, 1.54) is 19.3 Å². The maximum Gasteiger partial charge on any atom is -0.00461 e. The highest BCUT2D eigenvalue weighted by atomic mass is 14.6. The Balaban J connectivity index is 2.42. The van der Waals surface area contributed by atoms with Crippen LogP contribution < -0.4 is 5.73 Å². The Morgan fingerprint density at radius 2 is 2.10 bits per heavy atom. The second-order valence-electron chi connectivity index (χ2n) is 3.83. The minimum absolute atomic E-state index is 0.833. The monoisotopic (exact) mass is 141 g/mol. The highest BCUT2D eigenvalue weighted by molar-refractivity contribution is 4.79. The van der Waals surface area contributed by atoms with E-state index in [-0.39, 0.29) is 0 Å². The van der Waals surface area contributed by atoms with Crippen molar-refractivity contribution in [1.82, 2.24) is 0 Å². The van der Waals surface area contributed by atoms with Crippen LogP contribution in [0.5, 0.6) is 0 Å². The van der Waals surface area contributed by atoms with Crippen molar-refractivity contribution >= 4 is 0 Å². The van der Waals surface area contributed by atoms with Gasteiger partial charge in [-0.15, -0.1) is 0 Å². The van der Waals surface area contributed by atoms with Gasteiger partial charge in [0.05, 0.1) is 0 Å². The van der Waals surface area contributed by atoms with Crippen molar-refractivity contribution in [2.24, 2.45) is 23.5 Å². The second kappa shape index (κ2) is 3.38. The van der Waals surface area contributed by atoms with Crippen molar-refractivity contribution in [3.63, 3.8) is 0 Å². The second-order valence-corrected chi connectivity index (χ2v) is 3.83. The molecule has 1 aliphatic carbocycles. The van der Waals surface area contributed by atoms with Crippen LogP contribution in [-0.4, -0.2) is 6.54 Å². The predicted octanol–water partition coefficient (Wildman–Crippen LogP) is 2.02. The summed E-state index contributed by atoms with van der Waals surface area (Å²) in [6.45, 7) is 5.54. The van der Waals surface area contributed by atoms with Gasteiger partial charge in [0.2, 0.25) is 0 Å². The standard InChI is InChI=1S/C9H19N/c1-7(2)9-5-3-4-8(9)6-10/h7-9H,3-6,10H2,1-2H3/t8-,9+/m1/s1. The normalized spacial score (nSPS) is 33.6. The first-order valence-electron chi connectivity index (χ1n) is 4.45. The van der Waals surface area contributed by atoms with Crippen LogP contribution in [0.3, 0.4) is 0 Å². The maximum atomic E-state index is 5.66. The topological polar surface area (TPSA) is 26.0 Å². The highest BCUT2D eigenvalue weighted by Crippen LogP contribution is 2.35. The molecule has 1 rings (SSSR count). The minimum atomic E-state index is 0.833. The Morgan fingerprint density at radius 1 is 1.40 bits per heavy atom. The fourth-order valence-corrected chi connectivity index (χ4v) is 2.24. The van der Waals surface area contributed by atoms with Gasteiger partial charge in [0.1, 0.15) is 0 Å². The molecule has 0 radical (unpaired) electrons. The first kappa shape index (κ1) is 8.06. The van der Waals surface area contributed by atoms with E-state index in [0.29, 0.717) is 0 Å². The molecular weight excluding hydrogens is 122 g/mol. The van der Waals surface area contributed by atoms with E-state index in [0.717, 1.165) is 24.3 Å². The molecule has 0 spiro atoms. The van der Waals surface area contributed by atoms with Gasteiger partial charge in [-0.3, -0.25) is 0 Å². The number of hydrogen-bond acceptors (Lipinski definition) is 1. The Kier molecular flexibility index (Phi) is 2.72. The lowest BCUT2D eigenvalue weighted by molar-refractivity contribution is 0.301. The van der Waals surface area contributed by atoms with Crippen LogP contribution in [0, 0.1) is 17.8 Å². The molecule has 0 saturated heterocycles. The summed E-state index contributed by atoms with van der Waals surface area (Å²) in [6, 6.07) is 0. The largest absolute Gasteiger partial charge is 0.330 e. The number of rotatable bonds is 2. The van der Waals surface area contributed by atoms with E-state index in [2.05, 4.69) is 13.8 Å². The number of hydrogen-bond donors (Lipinski definition) is 1. The third kappa shape index (κ3) is 1.51. The van der Waals surface area contributed by atoms with Crippen molar-refractivity contribution in [3.8, 4) is 0 Å². The molecular formula is C9H19N. The van der Waals surface area contributed by atoms with Crippen LogP contribution in [-0.2, 0) is 0 Å². The fourth-order valence-electron chi connectivity index (χ4n) is 2.24. The molecule has 10 heavy (non-hydrogen) atoms. The highest BCUT2D eigenvalue weighted by Gasteiger charge is 2.27. The lowest BCUT2D eigenvalue weighted by atomic mass is 9.86. The molecule has 60 valence electrons. The maximum absolute atomic E-state index is 5.66. The minimum Gasteiger partial charge on any atom is -0.330 e. The first-order chi connectivity index (χ1) is 4.75. The summed E-state index contributed by atoms with van der Waals surface area (Å²) in [5.41, 5.74) is 5.66. The van der Waals surface area contributed by atoms with Gasteiger partial charge in [0.25, 0.3) is 0 Å². The summed E-state index contributed by atoms with van der Waals surface area (Å²) >= 11 is 0. The lowest BCUT2D eigenvalue weighted by Gasteiger charge is -2.21. The molecule has 1 nitrogen and oxygen atoms in total. The molecule has 1 aliphatic rings. The van der Waals surface area contributed by atoms with Crippen LogP contribution >= 0.6 is 0 Å². The van der Waals surface area contributed by atoms with E-state index in [9.17, 15) is 0 Å². The van der Waals surface area contributed by atoms with Gasteiger partial charge in [-0.1, -0.05) is 20.3 Å². The Bertz CT molecular complexity index is 98.9. The quantitative estimate of drug-likeness (QED) is 0.625. The third-order valence-corrected chi connectivity index (χ3v) is 2.88. The van der Waals surface area contributed by atoms with E-state index in [1.807, 2.05) is 0 Å². The van der Waals surface area contributed by atoms with Crippen molar-refractivity contribution < 1.29 is 0 Å². The molecule has 1 heteroatoms. The van der Waals surface area contributed by atoms with Gasteiger partial charge in [-0.05, 0) is 37.1 Å². The van der Waals surface area contributed by atoms with Crippen molar-refractivity contribution in [2.75, 3.05) is 6.54 Å². The molecule has 2 atom stereocenters. The van der Waals surface area contributed by atoms with Crippen LogP contribution in [0.15, 0.2) is 0 Å². The van der Waals surface area contributed by atoms with Gasteiger partial charge >= 0.3 is 0 Å². The van der Waals surface area contributed by atoms with E-state index in [1.54, 1.807) is 0 Å². The summed E-state index contributed by atoms with van der Waals surface area (Å²) in [4.78, 5) is 0. The zero-order valence-electron chi connectivity index (χ0n) is 7.14. The Hall–Kier alpha value is -0.0400. The molecule has 0 heterocycles. The van der Waals surface area contributed by atoms with Gasteiger partial charge in [-0.2, -0.15) is 0 Å². The Morgan fingerprint density at radius 3 is 2.50 bits per heavy atom. The van der Waals surface area contributed by atoms with E-state index in [4.69, 9.17) is 5.73 Å². The molecule has 1 fully saturated rings. The first-order valence-corrected chi connectivity index (χ1v) is 4.45. The van der Waals surface area contributed by atoms with Gasteiger partial charge in [-0.25, -0.2) is 0 Å². The summed E-state index contributed by atoms with van der Waals surface area (Å²) < 4.78 is 0. The fraction of sp³-hybridized carbons (Fsp3) is 1.00. The SMILES string of the molecule is CC(C)[C@@H]1CCC[C@@H]1CN. The van der Waals surface area contributed by atoms with Crippen LogP contribution in [0.4, 0.5) is 0 Å². The van der Waals surface area contributed by atoms with Crippen LogP contribution in [0.2, 0.25) is 0 Å². The zero-order valence-corrected chi connectivity index (χ0v) is 7.14. The average molecular weight is 141 g/mol. The molecule has 2 N–H and O–H groups in total. The summed E-state index contributed by atoms with van der Waals surface area (Å²) in [7, 11) is 0. The van der Waals surface area contributed by atoms with Crippen molar-refractivity contribution in [2.45, 2.75) is 33.1 Å². The Labute approximate surface area is 64.0 Å². The molecule has 0 unspecified atom stereocenters. The average Bonchev–Trinajstić information content (AvgIpc) is 2.33. The zero-order chi connectivity index (χ0) is 7.56. The van der Waals surface area contributed by atoms with Crippen LogP contribution in [0.25, 0.3) is 0 Å². The molecule has 0 aromatic heterocycles. The van der Waals surface area contributed by atoms with E-state index >= 15 is 0 Å². The molecule has 0 aliphatic heterocycles. The van der Waals surface area contributed by atoms with E-state index < -0.39 is 0 Å². The summed E-state index contributed by atoms with van der Waals surface area (Å²) in [5, 5.41) is 0. The molecule has 1 saturated carbocycles.